The van der Waals surface area contributed by atoms with Crippen molar-refractivity contribution in [2.75, 3.05) is 49.6 Å². The molecule has 0 spiro atoms. The maximum absolute atomic E-state index is 9.24. The van der Waals surface area contributed by atoms with E-state index < -0.39 is 0 Å². The van der Waals surface area contributed by atoms with Crippen molar-refractivity contribution in [3.8, 4) is 12.1 Å². The molecule has 0 bridgehead atoms. The summed E-state index contributed by atoms with van der Waals surface area (Å²) in [4.78, 5) is 17.1. The van der Waals surface area contributed by atoms with Gasteiger partial charge in [-0.3, -0.25) is 0 Å². The molecule has 4 aliphatic rings. The van der Waals surface area contributed by atoms with Gasteiger partial charge in [-0.05, 0) is 62.9 Å². The van der Waals surface area contributed by atoms with Gasteiger partial charge in [0.15, 0.2) is 0 Å². The highest BCUT2D eigenvalue weighted by Crippen LogP contribution is 2.38. The smallest absolute Gasteiger partial charge is 0.318 e. The Hall–Kier alpha value is -2.89. The number of nitrogens with zero attached hydrogens (tertiary/aromatic N) is 6. The van der Waals surface area contributed by atoms with Gasteiger partial charge in [-0.15, -0.1) is 0 Å². The molecule has 3 aliphatic heterocycles. The van der Waals surface area contributed by atoms with Gasteiger partial charge in [-0.2, -0.15) is 15.2 Å². The molecule has 184 valence electrons. The van der Waals surface area contributed by atoms with Crippen LogP contribution in [0.4, 0.5) is 11.5 Å². The molecule has 0 unspecified atom stereocenters. The molecule has 8 heteroatoms. The number of rotatable bonds is 6. The van der Waals surface area contributed by atoms with Gasteiger partial charge in [-0.1, -0.05) is 12.1 Å². The van der Waals surface area contributed by atoms with Crippen LogP contribution in [-0.4, -0.2) is 66.8 Å². The molecule has 1 aromatic heterocycles. The second kappa shape index (κ2) is 9.63. The van der Waals surface area contributed by atoms with E-state index in [0.29, 0.717) is 25.1 Å². The van der Waals surface area contributed by atoms with Crippen molar-refractivity contribution in [2.24, 2.45) is 0 Å². The summed E-state index contributed by atoms with van der Waals surface area (Å²) >= 11 is 0. The van der Waals surface area contributed by atoms with Crippen molar-refractivity contribution in [2.45, 2.75) is 63.7 Å². The lowest BCUT2D eigenvalue weighted by Gasteiger charge is -2.34. The Morgan fingerprint density at radius 3 is 2.91 bits per heavy atom. The maximum atomic E-state index is 9.24. The number of aromatic nitrogens is 2. The molecule has 1 aromatic carbocycles. The predicted molar refractivity (Wildman–Crippen MR) is 136 cm³/mol. The van der Waals surface area contributed by atoms with Gasteiger partial charge in [0.2, 0.25) is 0 Å². The van der Waals surface area contributed by atoms with Crippen LogP contribution in [0.2, 0.25) is 0 Å². The molecule has 1 aliphatic carbocycles. The number of ether oxygens (including phenoxy) is 1. The first-order valence-corrected chi connectivity index (χ1v) is 13.1. The zero-order valence-electron chi connectivity index (χ0n) is 20.7. The van der Waals surface area contributed by atoms with Gasteiger partial charge in [0.1, 0.15) is 12.4 Å². The van der Waals surface area contributed by atoms with E-state index in [-0.39, 0.29) is 6.04 Å². The molecule has 2 saturated heterocycles. The fraction of sp³-hybridized carbons (Fsp3) is 0.593. The standard InChI is InChI=1S/C27H35N7O/c1-32-13-4-7-21(32)18-35-27-30-24-17-34(25-9-3-6-19-5-2-8-22(19)25)16-23(24)26(31-27)33-14-12-29-20(15-33)10-11-28/h3,6,9,20-21,29H,2,4-5,7-8,10,12-18H2,1H3/t20-,21-/m0/s1. The summed E-state index contributed by atoms with van der Waals surface area (Å²) in [5.41, 5.74) is 6.64. The lowest BCUT2D eigenvalue weighted by molar-refractivity contribution is 0.187. The number of aryl methyl sites for hydroxylation is 1. The quantitative estimate of drug-likeness (QED) is 0.686. The van der Waals surface area contributed by atoms with Gasteiger partial charge in [0, 0.05) is 49.5 Å². The third kappa shape index (κ3) is 4.43. The topological polar surface area (TPSA) is 80.5 Å². The third-order valence-electron chi connectivity index (χ3n) is 8.17. The fourth-order valence-electron chi connectivity index (χ4n) is 6.23. The van der Waals surface area contributed by atoms with E-state index in [1.54, 1.807) is 0 Å². The maximum Gasteiger partial charge on any atom is 0.318 e. The van der Waals surface area contributed by atoms with Crippen molar-refractivity contribution in [1.82, 2.24) is 20.2 Å². The Balaban J connectivity index is 1.30. The van der Waals surface area contributed by atoms with Crippen LogP contribution in [0, 0.1) is 11.3 Å². The van der Waals surface area contributed by atoms with Crippen LogP contribution in [0.25, 0.3) is 0 Å². The van der Waals surface area contributed by atoms with Gasteiger partial charge in [0.05, 0.1) is 24.7 Å². The summed E-state index contributed by atoms with van der Waals surface area (Å²) in [6.45, 7) is 5.86. The molecular weight excluding hydrogens is 438 g/mol. The highest BCUT2D eigenvalue weighted by Gasteiger charge is 2.32. The van der Waals surface area contributed by atoms with Crippen molar-refractivity contribution in [3.63, 3.8) is 0 Å². The molecule has 6 rings (SSSR count). The van der Waals surface area contributed by atoms with Crippen LogP contribution in [0.3, 0.4) is 0 Å². The summed E-state index contributed by atoms with van der Waals surface area (Å²) in [7, 11) is 2.17. The molecule has 1 N–H and O–H groups in total. The molecule has 4 heterocycles. The zero-order valence-corrected chi connectivity index (χ0v) is 20.7. The summed E-state index contributed by atoms with van der Waals surface area (Å²) in [6, 6.07) is 10.2. The number of likely N-dealkylation sites (tertiary alicyclic amines) is 1. The second-order valence-electron chi connectivity index (χ2n) is 10.4. The summed E-state index contributed by atoms with van der Waals surface area (Å²) in [6.07, 6.45) is 6.47. The molecule has 35 heavy (non-hydrogen) atoms. The second-order valence-corrected chi connectivity index (χ2v) is 10.4. The molecule has 0 amide bonds. The molecule has 0 saturated carbocycles. The number of nitriles is 1. The van der Waals surface area contributed by atoms with Crippen molar-refractivity contribution in [1.29, 1.82) is 5.26 Å². The Bertz CT molecular complexity index is 1130. The molecule has 2 atom stereocenters. The molecule has 2 fully saturated rings. The molecular formula is C27H35N7O. The molecule has 2 aromatic rings. The van der Waals surface area contributed by atoms with Gasteiger partial charge in [0.25, 0.3) is 0 Å². The van der Waals surface area contributed by atoms with Gasteiger partial charge >= 0.3 is 6.01 Å². The van der Waals surface area contributed by atoms with E-state index in [4.69, 9.17) is 14.7 Å². The Kier molecular flexibility index (Phi) is 6.21. The number of piperazine rings is 1. The van der Waals surface area contributed by atoms with Crippen LogP contribution in [0.1, 0.15) is 48.1 Å². The highest BCUT2D eigenvalue weighted by atomic mass is 16.5. The Morgan fingerprint density at radius 1 is 1.11 bits per heavy atom. The fourth-order valence-corrected chi connectivity index (χ4v) is 6.23. The van der Waals surface area contributed by atoms with Gasteiger partial charge in [-0.25, -0.2) is 0 Å². The van der Waals surface area contributed by atoms with Crippen molar-refractivity contribution in [3.05, 3.63) is 40.6 Å². The minimum Gasteiger partial charge on any atom is -0.462 e. The van der Waals surface area contributed by atoms with E-state index in [0.717, 1.165) is 63.6 Å². The first-order chi connectivity index (χ1) is 17.2. The average molecular weight is 474 g/mol. The lowest BCUT2D eigenvalue weighted by atomic mass is 10.1. The molecule has 0 radical (unpaired) electrons. The number of hydrogen-bond donors (Lipinski definition) is 1. The number of fused-ring (bicyclic) bond motifs is 2. The average Bonchev–Trinajstić information content (AvgIpc) is 3.62. The van der Waals surface area contributed by atoms with Gasteiger partial charge < -0.3 is 24.8 Å². The van der Waals surface area contributed by atoms with E-state index in [1.165, 1.54) is 41.6 Å². The van der Waals surface area contributed by atoms with Crippen molar-refractivity contribution < 1.29 is 4.74 Å². The summed E-state index contributed by atoms with van der Waals surface area (Å²) in [5.74, 6) is 0.990. The number of hydrogen-bond acceptors (Lipinski definition) is 8. The van der Waals surface area contributed by atoms with Crippen LogP contribution in [0.15, 0.2) is 18.2 Å². The van der Waals surface area contributed by atoms with E-state index in [2.05, 4.69) is 51.3 Å². The van der Waals surface area contributed by atoms with Crippen LogP contribution >= 0.6 is 0 Å². The first kappa shape index (κ1) is 22.6. The lowest BCUT2D eigenvalue weighted by Crippen LogP contribution is -2.51. The SMILES string of the molecule is CN1CCC[C@H]1COc1nc2c(c(N3CCN[C@@H](CC#N)C3)n1)CN(c1cccc3c1CCC3)C2. The minimum atomic E-state index is 0.158. The highest BCUT2D eigenvalue weighted by molar-refractivity contribution is 5.63. The largest absolute Gasteiger partial charge is 0.462 e. The monoisotopic (exact) mass is 473 g/mol. The van der Waals surface area contributed by atoms with Crippen LogP contribution in [-0.2, 0) is 25.9 Å². The first-order valence-electron chi connectivity index (χ1n) is 13.1. The summed E-state index contributed by atoms with van der Waals surface area (Å²) in [5, 5.41) is 12.7. The zero-order chi connectivity index (χ0) is 23.8. The number of likely N-dealkylation sites (N-methyl/N-ethyl adjacent to an activating group) is 1. The third-order valence-corrected chi connectivity index (χ3v) is 8.17. The van der Waals surface area contributed by atoms with Crippen LogP contribution in [0.5, 0.6) is 6.01 Å². The number of nitrogens with one attached hydrogen (secondary N) is 1. The summed E-state index contributed by atoms with van der Waals surface area (Å²) < 4.78 is 6.23. The Morgan fingerprint density at radius 2 is 2.06 bits per heavy atom. The Labute approximate surface area is 207 Å². The van der Waals surface area contributed by atoms with E-state index in [9.17, 15) is 5.26 Å². The van der Waals surface area contributed by atoms with Crippen LogP contribution < -0.4 is 19.9 Å². The number of benzene rings is 1. The normalized spacial score (nSPS) is 23.9. The van der Waals surface area contributed by atoms with E-state index >= 15 is 0 Å². The molecule has 8 nitrogen and oxygen atoms in total. The van der Waals surface area contributed by atoms with E-state index in [1.807, 2.05) is 0 Å². The minimum absolute atomic E-state index is 0.158. The van der Waals surface area contributed by atoms with Crippen molar-refractivity contribution >= 4 is 11.5 Å². The number of anilines is 2. The predicted octanol–water partition coefficient (Wildman–Crippen LogP) is 2.65.